The van der Waals surface area contributed by atoms with Gasteiger partial charge in [-0.2, -0.15) is 0 Å². The molecule has 0 amide bonds. The number of hydrogen-bond donors (Lipinski definition) is 0. The Kier molecular flexibility index (Phi) is 9.48. The van der Waals surface area contributed by atoms with Gasteiger partial charge in [-0.3, -0.25) is 38.8 Å². The maximum atomic E-state index is 13.9. The second-order valence-electron chi connectivity index (χ2n) is 22.0. The van der Waals surface area contributed by atoms with E-state index in [-0.39, 0.29) is 61.2 Å². The first-order chi connectivity index (χ1) is 67.9. The highest BCUT2D eigenvalue weighted by Crippen LogP contribution is 2.48. The van der Waals surface area contributed by atoms with Crippen LogP contribution in [-0.2, 0) is 44.7 Å². The van der Waals surface area contributed by atoms with Gasteiger partial charge in [0.05, 0.1) is 78.5 Å². The summed E-state index contributed by atoms with van der Waals surface area (Å²) in [5, 5.41) is 0. The third-order valence-electron chi connectivity index (χ3n) is 14.9. The first-order valence-corrected chi connectivity index (χ1v) is 28.9. The number of methoxy groups -OCH3 is 8. The number of Topliss-reactive ketones (excluding diaryl/α,β-unsaturated/α-hetero) is 4. The Labute approximate surface area is 646 Å². The Morgan fingerprint density at radius 2 is 0.809 bits per heavy atom. The molecule has 8 aliphatic heterocycles. The number of fused-ring (bicyclic) bond motifs is 12. The van der Waals surface area contributed by atoms with Crippen molar-refractivity contribution in [3.8, 4) is 46.0 Å². The van der Waals surface area contributed by atoms with Crippen molar-refractivity contribution >= 4 is 23.1 Å². The molecule has 0 N–H and O–H groups in total. The van der Waals surface area contributed by atoms with Crippen LogP contribution in [-0.4, -0.2) is 151 Å². The van der Waals surface area contributed by atoms with Gasteiger partial charge in [-0.15, -0.1) is 0 Å². The van der Waals surface area contributed by atoms with E-state index in [9.17, 15) is 21.9 Å². The lowest BCUT2D eigenvalue weighted by Gasteiger charge is -2.43. The lowest BCUT2D eigenvalue weighted by Crippen LogP contribution is -2.46. The van der Waals surface area contributed by atoms with Gasteiger partial charge in [-0.25, -0.2) is 0 Å². The van der Waals surface area contributed by atoms with E-state index in [1.165, 1.54) is 7.11 Å². The summed E-state index contributed by atoms with van der Waals surface area (Å²) in [5.74, 6) is -28.7. The molecule has 16 nitrogen and oxygen atoms in total. The van der Waals surface area contributed by atoms with E-state index < -0.39 is 322 Å². The molecule has 94 heavy (non-hydrogen) atoms. The topological polar surface area (TPSA) is 155 Å². The first-order valence-electron chi connectivity index (χ1n) is 58.9. The molecule has 10 atom stereocenters. The number of nitrogens with zero attached hydrogens (tertiary/aromatic N) is 4. The normalized spacial score (nSPS) is 47.8. The van der Waals surface area contributed by atoms with Gasteiger partial charge in [0.15, 0.2) is 46.0 Å². The van der Waals surface area contributed by atoms with Crippen LogP contribution in [0.15, 0.2) is 48.5 Å². The smallest absolute Gasteiger partial charge is 0.161 e. The van der Waals surface area contributed by atoms with Crippen molar-refractivity contribution in [2.45, 2.75) is 169 Å². The summed E-state index contributed by atoms with van der Waals surface area (Å²) in [6.45, 7) is -25.1. The Balaban J connectivity index is 0.000000228. The van der Waals surface area contributed by atoms with Crippen LogP contribution in [0.2, 0.25) is 0 Å². The molecule has 8 heterocycles. The van der Waals surface area contributed by atoms with Crippen molar-refractivity contribution in [3.05, 3.63) is 93.0 Å². The number of ketones is 4. The van der Waals surface area contributed by atoms with Crippen LogP contribution in [0.25, 0.3) is 0 Å². The molecule has 4 aromatic carbocycles. The summed E-state index contributed by atoms with van der Waals surface area (Å²) in [4.78, 5) is 54.5. The van der Waals surface area contributed by atoms with Crippen LogP contribution in [0.1, 0.15) is 270 Å². The fourth-order valence-corrected chi connectivity index (χ4v) is 10.3. The largest absolute Gasteiger partial charge is 0.493 e. The molecular weight excluding hydrogens is 1180 g/mol. The monoisotopic (exact) mass is 1360 g/mol. The number of benzene rings is 4. The van der Waals surface area contributed by atoms with Crippen molar-refractivity contribution in [3.63, 3.8) is 0 Å². The van der Waals surface area contributed by atoms with Gasteiger partial charge < -0.3 is 37.9 Å². The van der Waals surface area contributed by atoms with Crippen LogP contribution >= 0.6 is 0 Å². The maximum absolute atomic E-state index is 13.9. The highest BCUT2D eigenvalue weighted by molar-refractivity contribution is 5.85. The van der Waals surface area contributed by atoms with Gasteiger partial charge in [0.2, 0.25) is 0 Å². The quantitative estimate of drug-likeness (QED) is 0.0926. The van der Waals surface area contributed by atoms with Crippen molar-refractivity contribution in [2.75, 3.05) is 109 Å². The zero-order valence-corrected chi connectivity index (χ0v) is 52.7. The minimum Gasteiger partial charge on any atom is -0.493 e. The molecule has 10 unspecified atom stereocenters. The highest BCUT2D eigenvalue weighted by atomic mass is 16.5. The Hall–Kier alpha value is -6.20. The molecule has 4 fully saturated rings. The van der Waals surface area contributed by atoms with Crippen LogP contribution in [0.4, 0.5) is 0 Å². The molecule has 0 radical (unpaired) electrons. The van der Waals surface area contributed by atoms with Crippen LogP contribution < -0.4 is 37.9 Å². The number of piperidine rings is 4. The standard InChI is InChI=1S/2C20H29NO3.2C19H27NO3/c2*1-5-13(2)8-15-12-21-7-6-14-9-19(23-3)20(24-4)10-16(14)17(21)11-18(15)22;2*1-12(2)7-14-11-20-6-5-13-8-18(22-3)19(23-4)9-15(13)16(20)10-17(14)21/h2*9-10,13,15,17H,5-8,11-12H2,1-4H3;2*8-9,12,14,16H,5-7,10-11H2,1-4H3/i2D3,4D3,5D2,6D2,7D2,8D2,11D2,13D,15D,17D;2D3,4D3,5D2,6D2,7D2,8D2,12D2,13D,17D;4D3,5D2,6D2,10D2,11D2,14D,16D;4D3,5D2,6D2,11D2,16D. The van der Waals surface area contributed by atoms with Crippen molar-refractivity contribution in [1.29, 1.82) is 0 Å². The second kappa shape index (κ2) is 32.7. The average Bonchev–Trinajstić information content (AvgIpc) is 0.705. The Morgan fingerprint density at radius 1 is 0.457 bits per heavy atom. The lowest BCUT2D eigenvalue weighted by atomic mass is 9.79. The number of aryl methyl sites for hydroxylation is 4. The Morgan fingerprint density at radius 3 is 1.20 bits per heavy atom. The van der Waals surface area contributed by atoms with Crippen molar-refractivity contribution in [2.24, 2.45) is 47.2 Å². The number of carbonyl (C=O) groups is 4. The van der Waals surface area contributed by atoms with Crippen molar-refractivity contribution < 1.29 is 139 Å². The van der Waals surface area contributed by atoms with Gasteiger partial charge in [0.25, 0.3) is 0 Å². The molecule has 0 saturated carbocycles. The molecule has 8 aliphatic rings. The molecule has 0 bridgehead atoms. The summed E-state index contributed by atoms with van der Waals surface area (Å²) in [5.41, 5.74) is -4.80. The molecule has 516 valence electrons. The maximum Gasteiger partial charge on any atom is 0.161 e. The highest BCUT2D eigenvalue weighted by Gasteiger charge is 2.43. The molecule has 4 saturated heterocycles. The third kappa shape index (κ3) is 16.4. The number of hydrogen-bond acceptors (Lipinski definition) is 16. The number of ether oxygens (including phenoxy) is 8. The van der Waals surface area contributed by atoms with E-state index in [0.29, 0.717) is 24.8 Å². The molecular formula is C78H112N4O12. The summed E-state index contributed by atoms with van der Waals surface area (Å²) in [7, 11) is -7.80. The van der Waals surface area contributed by atoms with Gasteiger partial charge >= 0.3 is 0 Å². The van der Waals surface area contributed by atoms with E-state index in [4.69, 9.17) is 117 Å². The Bertz CT molecular complexity index is 6030. The zero-order valence-electron chi connectivity index (χ0n) is 113. The summed E-state index contributed by atoms with van der Waals surface area (Å²) in [6.07, 6.45) is -36.8. The molecule has 0 spiro atoms. The fraction of sp³-hybridized carbons (Fsp3) is 0.641. The van der Waals surface area contributed by atoms with Crippen LogP contribution in [0, 0.1) is 47.2 Å². The molecule has 0 aromatic heterocycles. The molecule has 0 aliphatic carbocycles. The lowest BCUT2D eigenvalue weighted by molar-refractivity contribution is -0.130. The van der Waals surface area contributed by atoms with Gasteiger partial charge in [-0.1, -0.05) is 68.0 Å². The van der Waals surface area contributed by atoms with E-state index in [2.05, 4.69) is 0 Å². The van der Waals surface area contributed by atoms with E-state index in [1.54, 1.807) is 27.7 Å². The molecule has 16 heteroatoms. The van der Waals surface area contributed by atoms with E-state index in [1.807, 2.05) is 0 Å². The number of carbonyl (C=O) groups excluding carboxylic acids is 4. The number of rotatable bonds is 18. The van der Waals surface area contributed by atoms with Gasteiger partial charge in [0.1, 0.15) is 23.1 Å². The summed E-state index contributed by atoms with van der Waals surface area (Å²) < 4.78 is 539. The minimum atomic E-state index is -4.13. The SMILES string of the molecule is [2H]C([2H])([2H])Oc1cc2c(cc1OC)C([2H])([2H])C([2H])([2H])N1C([2H])([2H])C([2H])(CC(C)C)C(=O)C([2H])([2H])C21[2H].[2H]C([2H])([2H])Oc1cc2c(cc1OC)C([2H])([2H])C([2H])([2H])N1C2([2H])CC(=O)C(C([2H])([2H])C([2H])(C([2H])([2H])[2H])C([2H])([2H])C)C1([2H])[2H].[2H]C([2H])([2H])Oc1cc2c(cc1OC)C([2H])([2H])C([2H])([2H])N1C2([2H])CC(=O)C(CC(C)C)C1([2H])[2H].[2H]C([2H])([2H])Oc1cc2c(cc1OC)C([2H])([2H])C([2H])([2H])N1CC([2H])(C([2H])([2H])C([2H])(C([2H])([2H])[2H])C([2H])([2H])C)C(=O)C([2H])([2H])C21[2H]. The predicted octanol–water partition coefficient (Wildman–Crippen LogP) is 13.7. The van der Waals surface area contributed by atoms with Crippen LogP contribution in [0.3, 0.4) is 0 Å². The third-order valence-corrected chi connectivity index (χ3v) is 14.9. The minimum absolute atomic E-state index is 0.00528. The van der Waals surface area contributed by atoms with E-state index in [0.717, 1.165) is 63.8 Å². The fourth-order valence-electron chi connectivity index (χ4n) is 10.3. The summed E-state index contributed by atoms with van der Waals surface area (Å²) >= 11 is 0. The van der Waals surface area contributed by atoms with Gasteiger partial charge in [0, 0.05) is 186 Å². The average molecular weight is 1360 g/mol. The first kappa shape index (κ1) is 27.3. The molecule has 4 aromatic rings. The van der Waals surface area contributed by atoms with Crippen LogP contribution in [0.5, 0.6) is 46.0 Å². The molecule has 12 rings (SSSR count). The van der Waals surface area contributed by atoms with E-state index >= 15 is 0 Å². The van der Waals surface area contributed by atoms with Crippen molar-refractivity contribution in [1.82, 2.24) is 19.6 Å². The predicted molar refractivity (Wildman–Crippen MR) is 370 cm³/mol. The second-order valence-corrected chi connectivity index (χ2v) is 22.0. The zero-order chi connectivity index (χ0) is 121. The summed E-state index contributed by atoms with van der Waals surface area (Å²) in [6, 6.07) is -5.11. The van der Waals surface area contributed by atoms with Gasteiger partial charge in [-0.05, 0) is 168 Å².